The van der Waals surface area contributed by atoms with Crippen molar-refractivity contribution in [3.05, 3.63) is 35.8 Å². The lowest BCUT2D eigenvalue weighted by atomic mass is 10.3. The summed E-state index contributed by atoms with van der Waals surface area (Å²) in [6.45, 7) is 1.96. The second-order valence-electron chi connectivity index (χ2n) is 3.25. The number of imidazole rings is 1. The van der Waals surface area contributed by atoms with Crippen LogP contribution >= 0.6 is 0 Å². The third kappa shape index (κ3) is 1.77. The Labute approximate surface area is 92.3 Å². The van der Waals surface area contributed by atoms with Gasteiger partial charge in [0.2, 0.25) is 0 Å². The largest absolute Gasteiger partial charge is 0.461 e. The van der Waals surface area contributed by atoms with Gasteiger partial charge in [0.25, 0.3) is 0 Å². The van der Waals surface area contributed by atoms with Gasteiger partial charge in [0.1, 0.15) is 5.65 Å². The van der Waals surface area contributed by atoms with Crippen LogP contribution in [0.25, 0.3) is 5.65 Å². The fourth-order valence-corrected chi connectivity index (χ4v) is 1.50. The van der Waals surface area contributed by atoms with Crippen LogP contribution in [-0.4, -0.2) is 27.1 Å². The molecule has 0 aliphatic heterocycles. The normalized spacial score (nSPS) is 10.6. The van der Waals surface area contributed by atoms with Crippen molar-refractivity contribution in [1.82, 2.24) is 9.38 Å². The molecule has 0 aromatic carbocycles. The fourth-order valence-electron chi connectivity index (χ4n) is 1.50. The molecule has 0 aliphatic carbocycles. The summed E-state index contributed by atoms with van der Waals surface area (Å²) in [4.78, 5) is 15.6. The summed E-state index contributed by atoms with van der Waals surface area (Å²) in [5, 5.41) is 9.12. The molecule has 2 heterocycles. The summed E-state index contributed by atoms with van der Waals surface area (Å²) in [6, 6.07) is 5.31. The van der Waals surface area contributed by atoms with Crippen LogP contribution in [0.2, 0.25) is 0 Å². The minimum absolute atomic E-state index is 0.101. The number of aliphatic hydroxyl groups excluding tert-OH is 1. The molecule has 0 saturated heterocycles. The monoisotopic (exact) mass is 220 g/mol. The van der Waals surface area contributed by atoms with Crippen molar-refractivity contribution in [2.75, 3.05) is 6.61 Å². The van der Waals surface area contributed by atoms with E-state index < -0.39 is 5.97 Å². The maximum Gasteiger partial charge on any atom is 0.358 e. The topological polar surface area (TPSA) is 63.8 Å². The molecule has 5 nitrogen and oxygen atoms in total. The van der Waals surface area contributed by atoms with Gasteiger partial charge < -0.3 is 14.2 Å². The van der Waals surface area contributed by atoms with Gasteiger partial charge in [-0.1, -0.05) is 6.07 Å². The van der Waals surface area contributed by atoms with Crippen LogP contribution in [0.4, 0.5) is 0 Å². The van der Waals surface area contributed by atoms with Gasteiger partial charge in [-0.25, -0.2) is 9.78 Å². The summed E-state index contributed by atoms with van der Waals surface area (Å²) >= 11 is 0. The summed E-state index contributed by atoms with van der Waals surface area (Å²) < 4.78 is 6.53. The van der Waals surface area contributed by atoms with E-state index in [0.29, 0.717) is 17.9 Å². The molecule has 5 heteroatoms. The molecule has 2 rings (SSSR count). The highest BCUT2D eigenvalue weighted by Crippen LogP contribution is 2.10. The van der Waals surface area contributed by atoms with E-state index in [4.69, 9.17) is 9.84 Å². The van der Waals surface area contributed by atoms with E-state index in [1.54, 1.807) is 35.7 Å². The van der Waals surface area contributed by atoms with Crippen molar-refractivity contribution in [2.24, 2.45) is 0 Å². The van der Waals surface area contributed by atoms with Crippen LogP contribution in [0.15, 0.2) is 24.4 Å². The lowest BCUT2D eigenvalue weighted by Crippen LogP contribution is -2.04. The Kier molecular flexibility index (Phi) is 2.87. The summed E-state index contributed by atoms with van der Waals surface area (Å²) in [6.07, 6.45) is 1.57. The molecule has 84 valence electrons. The molecule has 0 unspecified atom stereocenters. The van der Waals surface area contributed by atoms with Crippen molar-refractivity contribution >= 4 is 11.6 Å². The number of fused-ring (bicyclic) bond motifs is 1. The van der Waals surface area contributed by atoms with Crippen molar-refractivity contribution in [1.29, 1.82) is 0 Å². The highest BCUT2D eigenvalue weighted by molar-refractivity contribution is 5.87. The van der Waals surface area contributed by atoms with Crippen LogP contribution in [0.3, 0.4) is 0 Å². The third-order valence-corrected chi connectivity index (χ3v) is 2.22. The van der Waals surface area contributed by atoms with E-state index in [1.165, 1.54) is 0 Å². The number of esters is 1. The van der Waals surface area contributed by atoms with Crippen LogP contribution in [0.1, 0.15) is 23.1 Å². The SMILES string of the molecule is CCOC(=O)c1cn2c(CO)cccc2n1. The first kappa shape index (κ1) is 10.6. The van der Waals surface area contributed by atoms with Gasteiger partial charge in [-0.15, -0.1) is 0 Å². The number of carbonyl (C=O) groups excluding carboxylic acids is 1. The van der Waals surface area contributed by atoms with E-state index in [-0.39, 0.29) is 12.3 Å². The second-order valence-corrected chi connectivity index (χ2v) is 3.25. The van der Waals surface area contributed by atoms with Crippen LogP contribution in [0, 0.1) is 0 Å². The van der Waals surface area contributed by atoms with Gasteiger partial charge in [-0.05, 0) is 19.1 Å². The van der Waals surface area contributed by atoms with Crippen molar-refractivity contribution < 1.29 is 14.6 Å². The molecule has 0 atom stereocenters. The molecule has 2 aromatic rings. The highest BCUT2D eigenvalue weighted by atomic mass is 16.5. The first-order chi connectivity index (χ1) is 7.76. The Morgan fingerprint density at radius 2 is 2.38 bits per heavy atom. The van der Waals surface area contributed by atoms with E-state index in [2.05, 4.69) is 4.98 Å². The van der Waals surface area contributed by atoms with Crippen molar-refractivity contribution in [3.63, 3.8) is 0 Å². The predicted octanol–water partition coefficient (Wildman–Crippen LogP) is 1.00. The van der Waals surface area contributed by atoms with Gasteiger partial charge in [0, 0.05) is 11.9 Å². The van der Waals surface area contributed by atoms with E-state index >= 15 is 0 Å². The molecule has 0 radical (unpaired) electrons. The van der Waals surface area contributed by atoms with E-state index in [1.807, 2.05) is 0 Å². The van der Waals surface area contributed by atoms with E-state index in [0.717, 1.165) is 0 Å². The van der Waals surface area contributed by atoms with Gasteiger partial charge >= 0.3 is 5.97 Å². The maximum atomic E-state index is 11.5. The minimum Gasteiger partial charge on any atom is -0.461 e. The number of hydrogen-bond acceptors (Lipinski definition) is 4. The number of nitrogens with zero attached hydrogens (tertiary/aromatic N) is 2. The minimum atomic E-state index is -0.449. The van der Waals surface area contributed by atoms with Gasteiger partial charge in [0.15, 0.2) is 5.69 Å². The fraction of sp³-hybridized carbons (Fsp3) is 0.273. The maximum absolute atomic E-state index is 11.5. The Morgan fingerprint density at radius 3 is 3.06 bits per heavy atom. The molecule has 0 aliphatic rings. The second kappa shape index (κ2) is 4.32. The van der Waals surface area contributed by atoms with Crippen LogP contribution in [-0.2, 0) is 11.3 Å². The lowest BCUT2D eigenvalue weighted by Gasteiger charge is -1.99. The van der Waals surface area contributed by atoms with Gasteiger partial charge in [0.05, 0.1) is 13.2 Å². The first-order valence-corrected chi connectivity index (χ1v) is 5.01. The molecular formula is C11H12N2O3. The smallest absolute Gasteiger partial charge is 0.358 e. The number of carbonyl (C=O) groups is 1. The quantitative estimate of drug-likeness (QED) is 0.784. The average molecular weight is 220 g/mol. The lowest BCUT2D eigenvalue weighted by molar-refractivity contribution is 0.0520. The van der Waals surface area contributed by atoms with Crippen LogP contribution in [0.5, 0.6) is 0 Å². The summed E-state index contributed by atoms with van der Waals surface area (Å²) in [5.74, 6) is -0.449. The number of hydrogen-bond donors (Lipinski definition) is 1. The van der Waals surface area contributed by atoms with E-state index in [9.17, 15) is 4.79 Å². The zero-order valence-electron chi connectivity index (χ0n) is 8.88. The van der Waals surface area contributed by atoms with Crippen molar-refractivity contribution in [2.45, 2.75) is 13.5 Å². The molecule has 1 N–H and O–H groups in total. The number of pyridine rings is 1. The van der Waals surface area contributed by atoms with Gasteiger partial charge in [-0.3, -0.25) is 0 Å². The summed E-state index contributed by atoms with van der Waals surface area (Å²) in [7, 11) is 0. The Bertz CT molecular complexity index is 519. The summed E-state index contributed by atoms with van der Waals surface area (Å²) in [5.41, 5.74) is 1.55. The molecule has 2 aromatic heterocycles. The number of aromatic nitrogens is 2. The zero-order chi connectivity index (χ0) is 11.5. The Balaban J connectivity index is 2.47. The molecule has 16 heavy (non-hydrogen) atoms. The Morgan fingerprint density at radius 1 is 1.56 bits per heavy atom. The highest BCUT2D eigenvalue weighted by Gasteiger charge is 2.12. The number of aliphatic hydroxyl groups is 1. The molecule has 0 amide bonds. The molecule has 0 fully saturated rings. The standard InChI is InChI=1S/C11H12N2O3/c1-2-16-11(15)9-6-13-8(7-14)4-3-5-10(13)12-9/h3-6,14H,2,7H2,1H3. The number of rotatable bonds is 3. The third-order valence-electron chi connectivity index (χ3n) is 2.22. The zero-order valence-corrected chi connectivity index (χ0v) is 8.88. The molecule has 0 saturated carbocycles. The molecular weight excluding hydrogens is 208 g/mol. The number of ether oxygens (including phenoxy) is 1. The van der Waals surface area contributed by atoms with Gasteiger partial charge in [-0.2, -0.15) is 0 Å². The predicted molar refractivity (Wildman–Crippen MR) is 57.1 cm³/mol. The van der Waals surface area contributed by atoms with Crippen LogP contribution < -0.4 is 0 Å². The molecule has 0 spiro atoms. The average Bonchev–Trinajstić information content (AvgIpc) is 2.72. The van der Waals surface area contributed by atoms with Crippen molar-refractivity contribution in [3.8, 4) is 0 Å². The first-order valence-electron chi connectivity index (χ1n) is 5.01. The Hall–Kier alpha value is -1.88. The molecule has 0 bridgehead atoms.